The lowest BCUT2D eigenvalue weighted by Gasteiger charge is -2.18. The maximum atomic E-state index is 12.3. The quantitative estimate of drug-likeness (QED) is 0.920. The minimum Gasteiger partial charge on any atom is -0.481 e. The zero-order valence-corrected chi connectivity index (χ0v) is 12.0. The molecule has 4 nitrogen and oxygen atoms in total. The molecule has 0 bridgehead atoms. The zero-order valence-electron chi connectivity index (χ0n) is 12.0. The van der Waals surface area contributed by atoms with Gasteiger partial charge in [-0.2, -0.15) is 0 Å². The van der Waals surface area contributed by atoms with Gasteiger partial charge in [-0.15, -0.1) is 0 Å². The maximum absolute atomic E-state index is 12.3. The molecule has 1 aliphatic carbocycles. The van der Waals surface area contributed by atoms with E-state index < -0.39 is 17.3 Å². The lowest BCUT2D eigenvalue weighted by Crippen LogP contribution is -2.33. The Morgan fingerprint density at radius 3 is 2.60 bits per heavy atom. The summed E-state index contributed by atoms with van der Waals surface area (Å²) in [6.45, 7) is 3.79. The van der Waals surface area contributed by atoms with Crippen LogP contribution in [-0.4, -0.2) is 24.0 Å². The molecule has 1 aromatic rings. The van der Waals surface area contributed by atoms with Gasteiger partial charge in [0.1, 0.15) is 0 Å². The molecule has 1 aromatic carbocycles. The molecule has 0 aromatic heterocycles. The van der Waals surface area contributed by atoms with Gasteiger partial charge in [-0.25, -0.2) is 0 Å². The number of carboxylic acids is 1. The Balaban J connectivity index is 2.08. The highest BCUT2D eigenvalue weighted by atomic mass is 16.4. The summed E-state index contributed by atoms with van der Waals surface area (Å²) in [5, 5.41) is 9.44. The largest absolute Gasteiger partial charge is 0.481 e. The van der Waals surface area contributed by atoms with Gasteiger partial charge in [-0.05, 0) is 49.8 Å². The van der Waals surface area contributed by atoms with Gasteiger partial charge in [0, 0.05) is 12.7 Å². The molecule has 1 saturated carbocycles. The van der Waals surface area contributed by atoms with Gasteiger partial charge in [0.25, 0.3) is 0 Å². The van der Waals surface area contributed by atoms with E-state index in [0.29, 0.717) is 0 Å². The second kappa shape index (κ2) is 4.08. The average molecular weight is 273 g/mol. The van der Waals surface area contributed by atoms with Crippen LogP contribution in [0.2, 0.25) is 0 Å². The summed E-state index contributed by atoms with van der Waals surface area (Å²) >= 11 is 0. The van der Waals surface area contributed by atoms with E-state index in [0.717, 1.165) is 29.7 Å². The summed E-state index contributed by atoms with van der Waals surface area (Å²) in [5.41, 5.74) is 2.08. The van der Waals surface area contributed by atoms with Crippen LogP contribution < -0.4 is 4.90 Å². The van der Waals surface area contributed by atoms with Gasteiger partial charge < -0.3 is 10.0 Å². The molecule has 0 saturated heterocycles. The first-order chi connectivity index (χ1) is 9.34. The van der Waals surface area contributed by atoms with E-state index in [4.69, 9.17) is 0 Å². The number of aliphatic carboxylic acids is 1. The van der Waals surface area contributed by atoms with Crippen LogP contribution >= 0.6 is 0 Å². The summed E-state index contributed by atoms with van der Waals surface area (Å²) < 4.78 is 0. The molecule has 1 amide bonds. The van der Waals surface area contributed by atoms with Crippen LogP contribution in [0.15, 0.2) is 18.2 Å². The Hall–Kier alpha value is -1.84. The van der Waals surface area contributed by atoms with Crippen molar-refractivity contribution in [2.45, 2.75) is 38.0 Å². The van der Waals surface area contributed by atoms with E-state index in [1.54, 1.807) is 11.9 Å². The smallest absolute Gasteiger partial charge is 0.311 e. The lowest BCUT2D eigenvalue weighted by molar-refractivity contribution is -0.139. The normalized spacial score (nSPS) is 21.8. The van der Waals surface area contributed by atoms with Crippen molar-refractivity contribution in [3.05, 3.63) is 29.3 Å². The summed E-state index contributed by atoms with van der Waals surface area (Å²) in [6.07, 6.45) is 1.96. The standard InChI is InChI=1S/C16H19NO3/c1-16(2)11-8-10(13(14(18)19)9-4-5-9)6-7-12(11)17(3)15(16)20/h6-9,13H,4-5H2,1-3H3,(H,18,19). The van der Waals surface area contributed by atoms with Crippen molar-refractivity contribution < 1.29 is 14.7 Å². The van der Waals surface area contributed by atoms with E-state index in [1.165, 1.54) is 0 Å². The molecular weight excluding hydrogens is 254 g/mol. The summed E-state index contributed by atoms with van der Waals surface area (Å²) in [7, 11) is 1.77. The molecular formula is C16H19NO3. The highest BCUT2D eigenvalue weighted by molar-refractivity contribution is 6.07. The molecule has 1 unspecified atom stereocenters. The maximum Gasteiger partial charge on any atom is 0.311 e. The number of fused-ring (bicyclic) bond motifs is 1. The lowest BCUT2D eigenvalue weighted by atomic mass is 9.83. The predicted molar refractivity (Wildman–Crippen MR) is 76.0 cm³/mol. The zero-order chi connectivity index (χ0) is 14.7. The van der Waals surface area contributed by atoms with Crippen LogP contribution in [0.3, 0.4) is 0 Å². The molecule has 4 heteroatoms. The molecule has 1 heterocycles. The van der Waals surface area contributed by atoms with Crippen molar-refractivity contribution in [2.75, 3.05) is 11.9 Å². The fourth-order valence-corrected chi connectivity index (χ4v) is 3.23. The van der Waals surface area contributed by atoms with Gasteiger partial charge in [-0.3, -0.25) is 9.59 Å². The van der Waals surface area contributed by atoms with Crippen LogP contribution in [-0.2, 0) is 15.0 Å². The Morgan fingerprint density at radius 1 is 1.40 bits per heavy atom. The van der Waals surface area contributed by atoms with Gasteiger partial charge in [-0.1, -0.05) is 12.1 Å². The second-order valence-corrected chi connectivity index (χ2v) is 6.42. The Kier molecular flexibility index (Phi) is 2.68. The SMILES string of the molecule is CN1C(=O)C(C)(C)c2cc(C(C(=O)O)C3CC3)ccc21. The van der Waals surface area contributed by atoms with E-state index in [-0.39, 0.29) is 11.8 Å². The van der Waals surface area contributed by atoms with Crippen molar-refractivity contribution in [3.8, 4) is 0 Å². The van der Waals surface area contributed by atoms with Crippen molar-refractivity contribution in [1.29, 1.82) is 0 Å². The van der Waals surface area contributed by atoms with E-state index in [9.17, 15) is 14.7 Å². The van der Waals surface area contributed by atoms with Crippen LogP contribution in [0.5, 0.6) is 0 Å². The number of carboxylic acid groups (broad SMARTS) is 1. The Bertz CT molecular complexity index is 602. The molecule has 1 aliphatic heterocycles. The van der Waals surface area contributed by atoms with Crippen LogP contribution in [0, 0.1) is 5.92 Å². The minimum absolute atomic E-state index is 0.0583. The van der Waals surface area contributed by atoms with Gasteiger partial charge in [0.2, 0.25) is 5.91 Å². The molecule has 106 valence electrons. The second-order valence-electron chi connectivity index (χ2n) is 6.42. The topological polar surface area (TPSA) is 57.6 Å². The third kappa shape index (κ3) is 1.74. The summed E-state index contributed by atoms with van der Waals surface area (Å²) in [4.78, 5) is 25.4. The minimum atomic E-state index is -0.761. The van der Waals surface area contributed by atoms with Gasteiger partial charge in [0.15, 0.2) is 0 Å². The van der Waals surface area contributed by atoms with Crippen molar-refractivity contribution >= 4 is 17.6 Å². The fourth-order valence-electron chi connectivity index (χ4n) is 3.23. The highest BCUT2D eigenvalue weighted by Gasteiger charge is 2.44. The highest BCUT2D eigenvalue weighted by Crippen LogP contribution is 2.46. The number of hydrogen-bond donors (Lipinski definition) is 1. The number of likely N-dealkylation sites (N-methyl/N-ethyl adjacent to an activating group) is 1. The molecule has 1 N–H and O–H groups in total. The molecule has 2 aliphatic rings. The Morgan fingerprint density at radius 2 is 2.05 bits per heavy atom. The van der Waals surface area contributed by atoms with Crippen LogP contribution in [0.4, 0.5) is 5.69 Å². The number of anilines is 1. The van der Waals surface area contributed by atoms with E-state index >= 15 is 0 Å². The number of benzene rings is 1. The third-order valence-corrected chi connectivity index (χ3v) is 4.61. The first-order valence-electron chi connectivity index (χ1n) is 6.99. The fraction of sp³-hybridized carbons (Fsp3) is 0.500. The van der Waals surface area contributed by atoms with Crippen molar-refractivity contribution in [1.82, 2.24) is 0 Å². The third-order valence-electron chi connectivity index (χ3n) is 4.61. The van der Waals surface area contributed by atoms with Gasteiger partial charge >= 0.3 is 5.97 Å². The van der Waals surface area contributed by atoms with Crippen molar-refractivity contribution in [2.24, 2.45) is 5.92 Å². The number of rotatable bonds is 3. The van der Waals surface area contributed by atoms with Crippen LogP contribution in [0.25, 0.3) is 0 Å². The Labute approximate surface area is 118 Å². The van der Waals surface area contributed by atoms with Crippen molar-refractivity contribution in [3.63, 3.8) is 0 Å². The van der Waals surface area contributed by atoms with Gasteiger partial charge in [0.05, 0.1) is 11.3 Å². The van der Waals surface area contributed by atoms with Crippen LogP contribution in [0.1, 0.15) is 43.7 Å². The molecule has 0 spiro atoms. The number of carbonyl (C=O) groups excluding carboxylic acids is 1. The average Bonchev–Trinajstić information content (AvgIpc) is 3.18. The predicted octanol–water partition coefficient (Wildman–Crippen LogP) is 2.52. The molecule has 1 atom stereocenters. The summed E-state index contributed by atoms with van der Waals surface area (Å²) in [6, 6.07) is 5.67. The first-order valence-corrected chi connectivity index (χ1v) is 6.99. The molecule has 20 heavy (non-hydrogen) atoms. The number of carbonyl (C=O) groups is 2. The first kappa shape index (κ1) is 13.2. The molecule has 0 radical (unpaired) electrons. The monoisotopic (exact) mass is 273 g/mol. The molecule has 3 rings (SSSR count). The number of hydrogen-bond acceptors (Lipinski definition) is 2. The molecule has 1 fully saturated rings. The van der Waals surface area contributed by atoms with E-state index in [2.05, 4.69) is 0 Å². The van der Waals surface area contributed by atoms with E-state index in [1.807, 2.05) is 32.0 Å². The number of nitrogens with zero attached hydrogens (tertiary/aromatic N) is 1. The summed E-state index contributed by atoms with van der Waals surface area (Å²) in [5.74, 6) is -0.883. The number of amides is 1.